The molecule has 0 bridgehead atoms. The number of nitrogens with zero attached hydrogens (tertiary/aromatic N) is 2. The van der Waals surface area contributed by atoms with Gasteiger partial charge >= 0.3 is 0 Å². The van der Waals surface area contributed by atoms with Crippen molar-refractivity contribution in [2.24, 2.45) is 0 Å². The van der Waals surface area contributed by atoms with E-state index in [1.54, 1.807) is 42.7 Å². The smallest absolute Gasteiger partial charge is 0.300 e. The molecule has 1 N–H and O–H groups in total. The molecule has 2 heterocycles. The van der Waals surface area contributed by atoms with Gasteiger partial charge in [0.1, 0.15) is 5.76 Å². The summed E-state index contributed by atoms with van der Waals surface area (Å²) in [6.07, 6.45) is 3.21. The Labute approximate surface area is 204 Å². The van der Waals surface area contributed by atoms with E-state index in [1.807, 2.05) is 32.0 Å². The Kier molecular flexibility index (Phi) is 6.09. The van der Waals surface area contributed by atoms with E-state index in [0.717, 1.165) is 16.7 Å². The summed E-state index contributed by atoms with van der Waals surface area (Å²) < 4.78 is 0. The molecule has 5 nitrogen and oxygen atoms in total. The predicted molar refractivity (Wildman–Crippen MR) is 135 cm³/mol. The molecular weight excluding hydrogens is 448 g/mol. The van der Waals surface area contributed by atoms with Crippen LogP contribution in [0, 0.1) is 13.8 Å². The first-order valence-corrected chi connectivity index (χ1v) is 11.5. The molecular formula is C28H27ClN2O3. The Morgan fingerprint density at radius 2 is 1.62 bits per heavy atom. The van der Waals surface area contributed by atoms with Crippen LogP contribution in [-0.4, -0.2) is 21.8 Å². The van der Waals surface area contributed by atoms with Crippen molar-refractivity contribution >= 4 is 34.7 Å². The number of ketones is 1. The third-order valence-electron chi connectivity index (χ3n) is 6.26. The van der Waals surface area contributed by atoms with Crippen molar-refractivity contribution in [3.8, 4) is 0 Å². The van der Waals surface area contributed by atoms with Gasteiger partial charge in [-0.15, -0.1) is 0 Å². The van der Waals surface area contributed by atoms with Gasteiger partial charge in [0.05, 0.1) is 11.6 Å². The summed E-state index contributed by atoms with van der Waals surface area (Å²) >= 11 is 6.25. The lowest BCUT2D eigenvalue weighted by atomic mass is 9.84. The molecule has 1 amide bonds. The summed E-state index contributed by atoms with van der Waals surface area (Å²) in [5.74, 6) is -1.64. The van der Waals surface area contributed by atoms with E-state index >= 15 is 0 Å². The van der Waals surface area contributed by atoms with Gasteiger partial charge in [-0.25, -0.2) is 0 Å². The number of halogens is 1. The van der Waals surface area contributed by atoms with Gasteiger partial charge in [0.15, 0.2) is 0 Å². The van der Waals surface area contributed by atoms with Crippen LogP contribution in [0.15, 0.2) is 66.5 Å². The zero-order valence-corrected chi connectivity index (χ0v) is 20.6. The highest BCUT2D eigenvalue weighted by molar-refractivity contribution is 6.52. The average Bonchev–Trinajstić information content (AvgIpc) is 3.05. The second-order valence-electron chi connectivity index (χ2n) is 9.66. The van der Waals surface area contributed by atoms with Crippen molar-refractivity contribution in [2.75, 3.05) is 4.90 Å². The number of aryl methyl sites for hydroxylation is 2. The SMILES string of the molecule is Cc1ccc(C(C)(C)C)cc1/C(O)=C1\C(=O)C(=O)N(c2cc(Cl)ccc2C)C1c1ccncc1. The number of aliphatic hydroxyl groups is 1. The third-order valence-corrected chi connectivity index (χ3v) is 6.49. The number of aromatic nitrogens is 1. The molecule has 34 heavy (non-hydrogen) atoms. The Balaban J connectivity index is 2.00. The normalized spacial score (nSPS) is 17.9. The molecule has 1 aliphatic rings. The van der Waals surface area contributed by atoms with Gasteiger partial charge < -0.3 is 5.11 Å². The van der Waals surface area contributed by atoms with Gasteiger partial charge in [0.2, 0.25) is 0 Å². The molecule has 1 saturated heterocycles. The molecule has 6 heteroatoms. The van der Waals surface area contributed by atoms with Gasteiger partial charge in [-0.2, -0.15) is 0 Å². The van der Waals surface area contributed by atoms with E-state index in [2.05, 4.69) is 25.8 Å². The minimum atomic E-state index is -0.821. The van der Waals surface area contributed by atoms with E-state index in [4.69, 9.17) is 11.6 Å². The molecule has 1 aliphatic heterocycles. The van der Waals surface area contributed by atoms with Gasteiger partial charge in [0, 0.05) is 28.7 Å². The number of Topliss-reactive ketones (excluding diaryl/α,β-unsaturated/α-hetero) is 1. The second-order valence-corrected chi connectivity index (χ2v) is 10.1. The highest BCUT2D eigenvalue weighted by Gasteiger charge is 2.47. The number of pyridine rings is 1. The van der Waals surface area contributed by atoms with Crippen molar-refractivity contribution in [1.82, 2.24) is 4.98 Å². The van der Waals surface area contributed by atoms with Crippen molar-refractivity contribution in [2.45, 2.75) is 46.1 Å². The Hall–Kier alpha value is -3.44. The molecule has 1 unspecified atom stereocenters. The van der Waals surface area contributed by atoms with Crippen LogP contribution in [0.5, 0.6) is 0 Å². The summed E-state index contributed by atoms with van der Waals surface area (Å²) in [5.41, 5.74) is 4.23. The second kappa shape index (κ2) is 8.73. The number of hydrogen-bond acceptors (Lipinski definition) is 4. The number of rotatable bonds is 3. The van der Waals surface area contributed by atoms with E-state index in [-0.39, 0.29) is 16.7 Å². The number of benzene rings is 2. The quantitative estimate of drug-likeness (QED) is 0.275. The van der Waals surface area contributed by atoms with Crippen LogP contribution in [0.3, 0.4) is 0 Å². The van der Waals surface area contributed by atoms with Crippen molar-refractivity contribution in [3.63, 3.8) is 0 Å². The molecule has 1 aromatic heterocycles. The number of amides is 1. The van der Waals surface area contributed by atoms with Crippen LogP contribution in [0.2, 0.25) is 5.02 Å². The lowest BCUT2D eigenvalue weighted by molar-refractivity contribution is -0.132. The maximum absolute atomic E-state index is 13.4. The number of hydrogen-bond donors (Lipinski definition) is 1. The number of carbonyl (C=O) groups is 2. The topological polar surface area (TPSA) is 70.5 Å². The summed E-state index contributed by atoms with van der Waals surface area (Å²) in [5, 5.41) is 12.0. The highest BCUT2D eigenvalue weighted by atomic mass is 35.5. The molecule has 2 aromatic carbocycles. The molecule has 0 aliphatic carbocycles. The van der Waals surface area contributed by atoms with Gasteiger partial charge in [0.25, 0.3) is 11.7 Å². The van der Waals surface area contributed by atoms with Crippen molar-refractivity contribution < 1.29 is 14.7 Å². The molecule has 0 radical (unpaired) electrons. The van der Waals surface area contributed by atoms with Crippen LogP contribution in [0.4, 0.5) is 5.69 Å². The number of carbonyl (C=O) groups excluding carboxylic acids is 2. The van der Waals surface area contributed by atoms with Gasteiger partial charge in [-0.3, -0.25) is 19.5 Å². The van der Waals surface area contributed by atoms with Crippen LogP contribution in [0.25, 0.3) is 5.76 Å². The van der Waals surface area contributed by atoms with Gasteiger partial charge in [-0.05, 0) is 71.8 Å². The Morgan fingerprint density at radius 3 is 2.26 bits per heavy atom. The first kappa shape index (κ1) is 23.7. The van der Waals surface area contributed by atoms with E-state index in [0.29, 0.717) is 21.8 Å². The van der Waals surface area contributed by atoms with E-state index in [1.165, 1.54) is 4.90 Å². The predicted octanol–water partition coefficient (Wildman–Crippen LogP) is 6.28. The van der Waals surface area contributed by atoms with Crippen LogP contribution < -0.4 is 4.90 Å². The first-order valence-electron chi connectivity index (χ1n) is 11.1. The molecule has 0 saturated carbocycles. The molecule has 0 spiro atoms. The summed E-state index contributed by atoms with van der Waals surface area (Å²) in [6.45, 7) is 9.98. The van der Waals surface area contributed by atoms with Crippen LogP contribution >= 0.6 is 11.6 Å². The fourth-order valence-electron chi connectivity index (χ4n) is 4.27. The lowest BCUT2D eigenvalue weighted by Gasteiger charge is -2.27. The van der Waals surface area contributed by atoms with E-state index < -0.39 is 17.7 Å². The first-order chi connectivity index (χ1) is 16.0. The van der Waals surface area contributed by atoms with Crippen molar-refractivity contribution in [3.05, 3.63) is 99.3 Å². The summed E-state index contributed by atoms with van der Waals surface area (Å²) in [7, 11) is 0. The minimum absolute atomic E-state index is 0.0461. The monoisotopic (exact) mass is 474 g/mol. The average molecular weight is 475 g/mol. The fourth-order valence-corrected chi connectivity index (χ4v) is 4.44. The molecule has 1 atom stereocenters. The largest absolute Gasteiger partial charge is 0.507 e. The maximum atomic E-state index is 13.4. The van der Waals surface area contributed by atoms with E-state index in [9.17, 15) is 14.7 Å². The summed E-state index contributed by atoms with van der Waals surface area (Å²) in [4.78, 5) is 32.3. The van der Waals surface area contributed by atoms with Gasteiger partial charge in [-0.1, -0.05) is 50.6 Å². The van der Waals surface area contributed by atoms with Crippen LogP contribution in [0.1, 0.15) is 54.6 Å². The van der Waals surface area contributed by atoms with Crippen molar-refractivity contribution in [1.29, 1.82) is 0 Å². The minimum Gasteiger partial charge on any atom is -0.507 e. The molecule has 1 fully saturated rings. The maximum Gasteiger partial charge on any atom is 0.300 e. The number of aliphatic hydroxyl groups excluding tert-OH is 1. The highest BCUT2D eigenvalue weighted by Crippen LogP contribution is 2.44. The molecule has 174 valence electrons. The third kappa shape index (κ3) is 4.12. The lowest BCUT2D eigenvalue weighted by Crippen LogP contribution is -2.30. The fraction of sp³-hybridized carbons (Fsp3) is 0.250. The Bertz CT molecular complexity index is 1320. The molecule has 4 rings (SSSR count). The molecule has 3 aromatic rings. The Morgan fingerprint density at radius 1 is 0.971 bits per heavy atom. The van der Waals surface area contributed by atoms with Crippen LogP contribution in [-0.2, 0) is 15.0 Å². The zero-order valence-electron chi connectivity index (χ0n) is 19.9. The standard InChI is InChI=1S/C28H27ClN2O3/c1-16-6-8-19(28(3,4)5)14-21(16)25(32)23-24(18-10-12-30-13-11-18)31(27(34)26(23)33)22-15-20(29)9-7-17(22)2/h6-15,24,32H,1-5H3/b25-23+. The summed E-state index contributed by atoms with van der Waals surface area (Å²) in [6, 6.07) is 13.7. The zero-order chi connectivity index (χ0) is 24.8. The number of anilines is 1.